The highest BCUT2D eigenvalue weighted by atomic mass is 32.1. The van der Waals surface area contributed by atoms with Crippen LogP contribution in [0, 0.1) is 0 Å². The molecule has 1 N–H and O–H groups in total. The molecular weight excluding hydrogens is 238 g/mol. The topological polar surface area (TPSA) is 51.6 Å². The molecule has 0 amide bonds. The average Bonchev–Trinajstić information content (AvgIpc) is 2.81. The van der Waals surface area contributed by atoms with Crippen LogP contribution in [0.15, 0.2) is 29.6 Å². The number of hydrogen-bond donors (Lipinski definition) is 1. The zero-order chi connectivity index (χ0) is 12.3. The molecule has 0 spiro atoms. The minimum absolute atomic E-state index is 0.247. The maximum Gasteiger partial charge on any atom is 0.201 e. The van der Waals surface area contributed by atoms with E-state index >= 15 is 0 Å². The number of aromatic hydroxyl groups is 1. The molecule has 0 saturated carbocycles. The second kappa shape index (κ2) is 5.27. The van der Waals surface area contributed by atoms with Gasteiger partial charge < -0.3 is 14.6 Å². The van der Waals surface area contributed by atoms with Crippen molar-refractivity contribution in [2.45, 2.75) is 6.29 Å². The third-order valence-corrected chi connectivity index (χ3v) is 3.22. The molecule has 1 aromatic heterocycles. The van der Waals surface area contributed by atoms with Crippen molar-refractivity contribution in [1.29, 1.82) is 0 Å². The van der Waals surface area contributed by atoms with Gasteiger partial charge in [0.1, 0.15) is 16.5 Å². The van der Waals surface area contributed by atoms with Crippen molar-refractivity contribution in [3.05, 3.63) is 35.3 Å². The monoisotopic (exact) mass is 251 g/mol. The van der Waals surface area contributed by atoms with Crippen LogP contribution < -0.4 is 0 Å². The third-order valence-electron chi connectivity index (χ3n) is 2.31. The van der Waals surface area contributed by atoms with Gasteiger partial charge in [-0.15, -0.1) is 11.3 Å². The van der Waals surface area contributed by atoms with Gasteiger partial charge in [0.2, 0.25) is 6.29 Å². The third kappa shape index (κ3) is 2.63. The molecule has 2 aromatic rings. The fourth-order valence-electron chi connectivity index (χ4n) is 1.47. The minimum Gasteiger partial charge on any atom is -0.508 e. The van der Waals surface area contributed by atoms with E-state index in [9.17, 15) is 5.11 Å². The molecule has 0 fully saturated rings. The molecule has 5 heteroatoms. The molecule has 0 aliphatic heterocycles. The van der Waals surface area contributed by atoms with Gasteiger partial charge in [-0.05, 0) is 24.3 Å². The van der Waals surface area contributed by atoms with Gasteiger partial charge in [-0.1, -0.05) is 0 Å². The molecule has 90 valence electrons. The highest BCUT2D eigenvalue weighted by molar-refractivity contribution is 7.13. The lowest BCUT2D eigenvalue weighted by Crippen LogP contribution is -2.03. The zero-order valence-corrected chi connectivity index (χ0v) is 10.4. The smallest absolute Gasteiger partial charge is 0.201 e. The summed E-state index contributed by atoms with van der Waals surface area (Å²) in [5.74, 6) is 0.247. The van der Waals surface area contributed by atoms with Crippen molar-refractivity contribution >= 4 is 11.3 Å². The van der Waals surface area contributed by atoms with Crippen molar-refractivity contribution < 1.29 is 14.6 Å². The molecule has 2 rings (SSSR count). The first-order valence-corrected chi connectivity index (χ1v) is 5.93. The Bertz CT molecular complexity index is 477. The van der Waals surface area contributed by atoms with E-state index in [-0.39, 0.29) is 5.75 Å². The first-order valence-electron chi connectivity index (χ1n) is 5.05. The van der Waals surface area contributed by atoms with E-state index in [0.29, 0.717) is 0 Å². The van der Waals surface area contributed by atoms with Crippen LogP contribution in [-0.4, -0.2) is 24.3 Å². The molecule has 1 heterocycles. The van der Waals surface area contributed by atoms with Gasteiger partial charge in [0.15, 0.2) is 0 Å². The SMILES string of the molecule is COC(OC)c1csc(-c2ccc(O)cc2)n1. The highest BCUT2D eigenvalue weighted by Gasteiger charge is 2.13. The van der Waals surface area contributed by atoms with Crippen LogP contribution in [0.2, 0.25) is 0 Å². The molecule has 0 bridgehead atoms. The van der Waals surface area contributed by atoms with Gasteiger partial charge in [-0.2, -0.15) is 0 Å². The lowest BCUT2D eigenvalue weighted by atomic mass is 10.2. The van der Waals surface area contributed by atoms with Crippen LogP contribution in [0.25, 0.3) is 10.6 Å². The summed E-state index contributed by atoms with van der Waals surface area (Å²) < 4.78 is 10.3. The molecule has 0 saturated heterocycles. The normalized spacial score (nSPS) is 11.0. The number of aromatic nitrogens is 1. The standard InChI is InChI=1S/C12H13NO3S/c1-15-12(16-2)10-7-17-11(13-10)8-3-5-9(14)6-4-8/h3-7,12,14H,1-2H3. The van der Waals surface area contributed by atoms with Crippen LogP contribution in [-0.2, 0) is 9.47 Å². The van der Waals surface area contributed by atoms with E-state index in [4.69, 9.17) is 9.47 Å². The number of hydrogen-bond acceptors (Lipinski definition) is 5. The summed E-state index contributed by atoms with van der Waals surface area (Å²) in [5.41, 5.74) is 1.72. The number of nitrogens with zero attached hydrogens (tertiary/aromatic N) is 1. The van der Waals surface area contributed by atoms with Gasteiger partial charge in [0.25, 0.3) is 0 Å². The fraction of sp³-hybridized carbons (Fsp3) is 0.250. The molecule has 0 aliphatic rings. The number of thiazole rings is 1. The molecular formula is C12H13NO3S. The van der Waals surface area contributed by atoms with E-state index in [1.807, 2.05) is 17.5 Å². The quantitative estimate of drug-likeness (QED) is 0.849. The van der Waals surface area contributed by atoms with Gasteiger partial charge >= 0.3 is 0 Å². The Labute approximate surface area is 103 Å². The lowest BCUT2D eigenvalue weighted by molar-refractivity contribution is -0.108. The summed E-state index contributed by atoms with van der Waals surface area (Å²) in [5, 5.41) is 12.0. The molecule has 0 radical (unpaired) electrons. The second-order valence-corrected chi connectivity index (χ2v) is 4.29. The van der Waals surface area contributed by atoms with Crippen molar-refractivity contribution in [1.82, 2.24) is 4.98 Å². The van der Waals surface area contributed by atoms with Crippen LogP contribution in [0.3, 0.4) is 0 Å². The van der Waals surface area contributed by atoms with Gasteiger partial charge in [-0.3, -0.25) is 0 Å². The van der Waals surface area contributed by atoms with Crippen molar-refractivity contribution in [2.24, 2.45) is 0 Å². The van der Waals surface area contributed by atoms with Crippen LogP contribution >= 0.6 is 11.3 Å². The predicted molar refractivity (Wildman–Crippen MR) is 66.0 cm³/mol. The van der Waals surface area contributed by atoms with Crippen molar-refractivity contribution in [2.75, 3.05) is 14.2 Å². The number of benzene rings is 1. The lowest BCUT2D eigenvalue weighted by Gasteiger charge is -2.09. The fourth-order valence-corrected chi connectivity index (χ4v) is 2.30. The molecule has 0 unspecified atom stereocenters. The van der Waals surface area contributed by atoms with E-state index in [1.165, 1.54) is 11.3 Å². The summed E-state index contributed by atoms with van der Waals surface area (Å²) in [6.45, 7) is 0. The van der Waals surface area contributed by atoms with Crippen molar-refractivity contribution in [3.63, 3.8) is 0 Å². The number of phenolic OH excluding ortho intramolecular Hbond substituents is 1. The van der Waals surface area contributed by atoms with E-state index < -0.39 is 6.29 Å². The van der Waals surface area contributed by atoms with Crippen LogP contribution in [0.1, 0.15) is 12.0 Å². The number of ether oxygens (including phenoxy) is 2. The predicted octanol–water partition coefficient (Wildman–Crippen LogP) is 2.81. The molecule has 17 heavy (non-hydrogen) atoms. The van der Waals surface area contributed by atoms with Crippen LogP contribution in [0.5, 0.6) is 5.75 Å². The second-order valence-electron chi connectivity index (χ2n) is 3.43. The van der Waals surface area contributed by atoms with Crippen LogP contribution in [0.4, 0.5) is 0 Å². The van der Waals surface area contributed by atoms with E-state index in [2.05, 4.69) is 4.98 Å². The minimum atomic E-state index is -0.433. The first kappa shape index (κ1) is 12.0. The molecule has 1 aromatic carbocycles. The Morgan fingerprint density at radius 1 is 1.18 bits per heavy atom. The Kier molecular flexibility index (Phi) is 3.73. The van der Waals surface area contributed by atoms with Gasteiger partial charge in [-0.25, -0.2) is 4.98 Å². The maximum atomic E-state index is 9.22. The Balaban J connectivity index is 2.26. The number of methoxy groups -OCH3 is 2. The Morgan fingerprint density at radius 2 is 1.82 bits per heavy atom. The Morgan fingerprint density at radius 3 is 2.41 bits per heavy atom. The maximum absolute atomic E-state index is 9.22. The molecule has 0 aliphatic carbocycles. The average molecular weight is 251 g/mol. The van der Waals surface area contributed by atoms with E-state index in [1.54, 1.807) is 26.4 Å². The highest BCUT2D eigenvalue weighted by Crippen LogP contribution is 2.28. The van der Waals surface area contributed by atoms with Gasteiger partial charge in [0.05, 0.1) is 0 Å². The number of phenols is 1. The summed E-state index contributed by atoms with van der Waals surface area (Å²) in [4.78, 5) is 4.44. The largest absolute Gasteiger partial charge is 0.508 e. The Hall–Kier alpha value is -1.43. The first-order chi connectivity index (χ1) is 8.24. The summed E-state index contributed by atoms with van der Waals surface area (Å²) >= 11 is 1.51. The summed E-state index contributed by atoms with van der Waals surface area (Å²) in [6, 6.07) is 6.93. The molecule has 4 nitrogen and oxygen atoms in total. The molecule has 0 atom stereocenters. The van der Waals surface area contributed by atoms with E-state index in [0.717, 1.165) is 16.3 Å². The number of rotatable bonds is 4. The zero-order valence-electron chi connectivity index (χ0n) is 9.58. The summed E-state index contributed by atoms with van der Waals surface area (Å²) in [6.07, 6.45) is -0.433. The summed E-state index contributed by atoms with van der Waals surface area (Å²) in [7, 11) is 3.15. The van der Waals surface area contributed by atoms with Crippen molar-refractivity contribution in [3.8, 4) is 16.3 Å². The van der Waals surface area contributed by atoms with Gasteiger partial charge in [0, 0.05) is 25.2 Å².